The van der Waals surface area contributed by atoms with Crippen LogP contribution in [0, 0.1) is 10.1 Å². The minimum Gasteiger partial charge on any atom is -0.463 e. The molecular formula is C21H21N3O5S2. The highest BCUT2D eigenvalue weighted by Crippen LogP contribution is 2.28. The van der Waals surface area contributed by atoms with E-state index in [1.165, 1.54) is 29.5 Å². The highest BCUT2D eigenvalue weighted by molar-refractivity contribution is 7.14. The number of nitrogens with zero attached hydrogens (tertiary/aromatic N) is 2. The number of rotatable bonds is 9. The van der Waals surface area contributed by atoms with Gasteiger partial charge in [0.05, 0.1) is 41.2 Å². The first-order valence-electron chi connectivity index (χ1n) is 9.52. The van der Waals surface area contributed by atoms with Crippen LogP contribution in [0.1, 0.15) is 37.6 Å². The molecule has 0 aliphatic rings. The van der Waals surface area contributed by atoms with Gasteiger partial charge in [0.25, 0.3) is 5.69 Å². The van der Waals surface area contributed by atoms with Crippen molar-refractivity contribution >= 4 is 40.2 Å². The van der Waals surface area contributed by atoms with Crippen LogP contribution in [0.2, 0.25) is 0 Å². The number of carbonyl (C=O) groups excluding carboxylic acids is 2. The van der Waals surface area contributed by atoms with E-state index in [-0.39, 0.29) is 36.1 Å². The van der Waals surface area contributed by atoms with Crippen molar-refractivity contribution in [1.29, 1.82) is 0 Å². The molecule has 0 aliphatic heterocycles. The summed E-state index contributed by atoms with van der Waals surface area (Å²) in [5, 5.41) is 20.8. The number of hydrogen-bond donors (Lipinski definition) is 1. The van der Waals surface area contributed by atoms with Crippen LogP contribution in [0.5, 0.6) is 0 Å². The van der Waals surface area contributed by atoms with E-state index in [0.29, 0.717) is 5.69 Å². The number of hydrogen-bond acceptors (Lipinski definition) is 8. The number of ether oxygens (including phenoxy) is 1. The molecule has 0 aliphatic carbocycles. The van der Waals surface area contributed by atoms with Gasteiger partial charge in [-0.3, -0.25) is 19.7 Å². The summed E-state index contributed by atoms with van der Waals surface area (Å²) in [4.78, 5) is 40.4. The molecule has 0 saturated carbocycles. The van der Waals surface area contributed by atoms with Crippen LogP contribution in [-0.2, 0) is 20.7 Å². The fourth-order valence-corrected chi connectivity index (χ4v) is 4.51. The number of thiazole rings is 1. The van der Waals surface area contributed by atoms with Gasteiger partial charge >= 0.3 is 5.97 Å². The summed E-state index contributed by atoms with van der Waals surface area (Å²) in [6, 6.07) is 7.10. The molecule has 162 valence electrons. The molecule has 0 spiro atoms. The number of carbonyl (C=O) groups is 2. The number of amides is 1. The monoisotopic (exact) mass is 459 g/mol. The molecule has 31 heavy (non-hydrogen) atoms. The van der Waals surface area contributed by atoms with E-state index in [4.69, 9.17) is 4.74 Å². The number of nitro benzene ring substituents is 1. The van der Waals surface area contributed by atoms with E-state index in [1.54, 1.807) is 36.6 Å². The second-order valence-electron chi connectivity index (χ2n) is 7.01. The van der Waals surface area contributed by atoms with Crippen LogP contribution in [0.4, 0.5) is 5.69 Å². The Labute approximate surface area is 187 Å². The molecule has 0 bridgehead atoms. The first-order valence-corrected chi connectivity index (χ1v) is 11.3. The number of esters is 1. The van der Waals surface area contributed by atoms with E-state index in [2.05, 4.69) is 10.3 Å². The van der Waals surface area contributed by atoms with E-state index >= 15 is 0 Å². The molecule has 10 heteroatoms. The number of aromatic nitrogens is 1. The second-order valence-corrected chi connectivity index (χ2v) is 8.65. The van der Waals surface area contributed by atoms with Crippen LogP contribution in [-0.4, -0.2) is 27.9 Å². The molecule has 2 heterocycles. The first-order chi connectivity index (χ1) is 14.8. The molecule has 1 atom stereocenters. The van der Waals surface area contributed by atoms with E-state index in [9.17, 15) is 19.7 Å². The summed E-state index contributed by atoms with van der Waals surface area (Å²) in [6.45, 7) is 3.42. The number of nitrogens with one attached hydrogen (secondary N) is 1. The Morgan fingerprint density at radius 3 is 2.68 bits per heavy atom. The predicted molar refractivity (Wildman–Crippen MR) is 119 cm³/mol. The molecule has 8 nitrogen and oxygen atoms in total. The van der Waals surface area contributed by atoms with Crippen molar-refractivity contribution in [2.75, 3.05) is 0 Å². The molecule has 0 fully saturated rings. The number of nitro groups is 1. The molecule has 1 N–H and O–H groups in total. The van der Waals surface area contributed by atoms with E-state index in [0.717, 1.165) is 10.6 Å². The van der Waals surface area contributed by atoms with Crippen LogP contribution in [0.3, 0.4) is 0 Å². The van der Waals surface area contributed by atoms with E-state index < -0.39 is 16.9 Å². The van der Waals surface area contributed by atoms with Gasteiger partial charge in [-0.15, -0.1) is 11.3 Å². The minimum atomic E-state index is -0.893. The molecule has 0 radical (unpaired) electrons. The van der Waals surface area contributed by atoms with E-state index in [1.807, 2.05) is 16.8 Å². The molecule has 3 rings (SSSR count). The molecule has 1 unspecified atom stereocenters. The average Bonchev–Trinajstić information content (AvgIpc) is 3.38. The molecule has 3 aromatic rings. The van der Waals surface area contributed by atoms with Crippen molar-refractivity contribution in [3.8, 4) is 10.6 Å². The highest BCUT2D eigenvalue weighted by atomic mass is 32.1. The largest absolute Gasteiger partial charge is 0.463 e. The Kier molecular flexibility index (Phi) is 7.48. The zero-order chi connectivity index (χ0) is 22.4. The molecular weight excluding hydrogens is 438 g/mol. The Hall–Kier alpha value is -3.11. The molecule has 1 amide bonds. The maximum atomic E-state index is 12.7. The maximum absolute atomic E-state index is 12.7. The van der Waals surface area contributed by atoms with Crippen LogP contribution in [0.25, 0.3) is 10.6 Å². The smallest absolute Gasteiger partial charge is 0.308 e. The zero-order valence-corrected chi connectivity index (χ0v) is 18.6. The van der Waals surface area contributed by atoms with Crippen molar-refractivity contribution in [3.63, 3.8) is 0 Å². The lowest BCUT2D eigenvalue weighted by Crippen LogP contribution is -2.32. The summed E-state index contributed by atoms with van der Waals surface area (Å²) < 4.78 is 5.18. The van der Waals surface area contributed by atoms with Crippen molar-refractivity contribution in [1.82, 2.24) is 10.3 Å². The van der Waals surface area contributed by atoms with Gasteiger partial charge in [0.2, 0.25) is 5.91 Å². The first kappa shape index (κ1) is 22.6. The number of thiophene rings is 1. The van der Waals surface area contributed by atoms with Gasteiger partial charge in [0.15, 0.2) is 0 Å². The second kappa shape index (κ2) is 10.3. The third kappa shape index (κ3) is 6.19. The quantitative estimate of drug-likeness (QED) is 0.286. The Balaban J connectivity index is 1.77. The fourth-order valence-electron chi connectivity index (χ4n) is 2.98. The van der Waals surface area contributed by atoms with Crippen LogP contribution < -0.4 is 5.32 Å². The summed E-state index contributed by atoms with van der Waals surface area (Å²) >= 11 is 3.01. The lowest BCUT2D eigenvalue weighted by Gasteiger charge is -2.19. The number of benzene rings is 1. The van der Waals surface area contributed by atoms with Crippen molar-refractivity contribution < 1.29 is 19.2 Å². The predicted octanol–water partition coefficient (Wildman–Crippen LogP) is 4.52. The summed E-state index contributed by atoms with van der Waals surface area (Å²) in [6.07, 6.45) is -0.552. The normalized spacial score (nSPS) is 11.8. The van der Waals surface area contributed by atoms with Crippen molar-refractivity contribution in [2.45, 2.75) is 38.8 Å². The van der Waals surface area contributed by atoms with Gasteiger partial charge in [-0.1, -0.05) is 18.2 Å². The van der Waals surface area contributed by atoms with Crippen LogP contribution in [0.15, 0.2) is 46.5 Å². The summed E-state index contributed by atoms with van der Waals surface area (Å²) in [5.74, 6) is -0.936. The van der Waals surface area contributed by atoms with Gasteiger partial charge < -0.3 is 10.1 Å². The molecule has 0 saturated heterocycles. The maximum Gasteiger partial charge on any atom is 0.308 e. The van der Waals surface area contributed by atoms with Crippen LogP contribution >= 0.6 is 22.7 Å². The van der Waals surface area contributed by atoms with Gasteiger partial charge in [-0.05, 0) is 25.3 Å². The Morgan fingerprint density at radius 2 is 2.00 bits per heavy atom. The van der Waals surface area contributed by atoms with Gasteiger partial charge in [-0.2, -0.15) is 11.3 Å². The summed E-state index contributed by atoms with van der Waals surface area (Å²) in [7, 11) is 0. The minimum absolute atomic E-state index is 0.00298. The average molecular weight is 460 g/mol. The van der Waals surface area contributed by atoms with Gasteiger partial charge in [0, 0.05) is 22.4 Å². The van der Waals surface area contributed by atoms with Crippen molar-refractivity contribution in [2.24, 2.45) is 0 Å². The van der Waals surface area contributed by atoms with Gasteiger partial charge in [-0.25, -0.2) is 4.98 Å². The third-order valence-corrected chi connectivity index (χ3v) is 5.87. The topological polar surface area (TPSA) is 111 Å². The lowest BCUT2D eigenvalue weighted by molar-refractivity contribution is -0.385. The Bertz CT molecular complexity index is 1060. The highest BCUT2D eigenvalue weighted by Gasteiger charge is 2.26. The van der Waals surface area contributed by atoms with Gasteiger partial charge in [0.1, 0.15) is 5.01 Å². The molecule has 2 aromatic heterocycles. The third-order valence-electron chi connectivity index (χ3n) is 4.24. The zero-order valence-electron chi connectivity index (χ0n) is 16.9. The Morgan fingerprint density at radius 1 is 1.23 bits per heavy atom. The SMILES string of the molecule is CC(C)OC(=O)CC(NC(=O)Cc1csc(-c2ccsc2)n1)c1ccccc1[N+](=O)[O-]. The number of para-hydroxylation sites is 1. The molecule has 1 aromatic carbocycles. The van der Waals surface area contributed by atoms with Crippen molar-refractivity contribution in [3.05, 3.63) is 67.8 Å². The lowest BCUT2D eigenvalue weighted by atomic mass is 10.0. The summed E-state index contributed by atoms with van der Waals surface area (Å²) in [5.41, 5.74) is 1.67. The standard InChI is InChI=1S/C21H21N3O5S2/c1-13(2)29-20(26)10-17(16-5-3-4-6-18(16)24(27)28)23-19(25)9-15-12-31-21(22-15)14-7-8-30-11-14/h3-8,11-13,17H,9-10H2,1-2H3,(H,23,25). The fraction of sp³-hybridized carbons (Fsp3) is 0.286.